The van der Waals surface area contributed by atoms with Crippen molar-refractivity contribution in [2.75, 3.05) is 0 Å². The Balaban J connectivity index is 2.22. The van der Waals surface area contributed by atoms with Crippen molar-refractivity contribution in [2.45, 2.75) is 48.4 Å². The summed E-state index contributed by atoms with van der Waals surface area (Å²) in [5.41, 5.74) is 0. The van der Waals surface area contributed by atoms with Crippen LogP contribution in [0.2, 0.25) is 8.87 Å². The number of furan rings is 2. The van der Waals surface area contributed by atoms with Gasteiger partial charge in [0.25, 0.3) is 0 Å². The van der Waals surface area contributed by atoms with E-state index in [4.69, 9.17) is 15.0 Å². The Hall–Kier alpha value is -1.70. The van der Waals surface area contributed by atoms with E-state index in [1.165, 1.54) is 12.5 Å². The monoisotopic (exact) mass is 456 g/mol. The van der Waals surface area contributed by atoms with Crippen LogP contribution in [0.15, 0.2) is 45.6 Å². The van der Waals surface area contributed by atoms with Gasteiger partial charge in [0.15, 0.2) is 0 Å². The van der Waals surface area contributed by atoms with Crippen LogP contribution in [0.4, 0.5) is 0 Å². The van der Waals surface area contributed by atoms with Gasteiger partial charge < -0.3 is 0 Å². The topological polar surface area (TPSA) is 78.9 Å². The summed E-state index contributed by atoms with van der Waals surface area (Å²) in [5, 5.41) is 0. The SMILES string of the molecule is CCC[CH2][Sn]([CH2]CCC)([O]C(=O)c1ccco1)[O]C(=O)c1ccco1. The van der Waals surface area contributed by atoms with E-state index in [0.717, 1.165) is 25.7 Å². The van der Waals surface area contributed by atoms with Crippen molar-refractivity contribution in [3.05, 3.63) is 48.3 Å². The van der Waals surface area contributed by atoms with E-state index in [1.807, 2.05) is 0 Å². The molecule has 0 bridgehead atoms. The van der Waals surface area contributed by atoms with Crippen molar-refractivity contribution < 1.29 is 24.6 Å². The van der Waals surface area contributed by atoms with Crippen LogP contribution >= 0.6 is 0 Å². The van der Waals surface area contributed by atoms with Crippen LogP contribution in [0.25, 0.3) is 0 Å². The predicted molar refractivity (Wildman–Crippen MR) is 93.4 cm³/mol. The molecule has 0 N–H and O–H groups in total. The molecule has 0 aromatic carbocycles. The van der Waals surface area contributed by atoms with E-state index in [2.05, 4.69) is 13.8 Å². The van der Waals surface area contributed by atoms with E-state index in [-0.39, 0.29) is 11.5 Å². The van der Waals surface area contributed by atoms with Crippen LogP contribution in [-0.4, -0.2) is 31.1 Å². The van der Waals surface area contributed by atoms with Gasteiger partial charge in [0.1, 0.15) is 0 Å². The van der Waals surface area contributed by atoms with E-state index < -0.39 is 31.1 Å². The predicted octanol–water partition coefficient (Wildman–Crippen LogP) is 4.93. The zero-order chi connectivity index (χ0) is 18.1. The molecule has 0 saturated heterocycles. The molecule has 2 aromatic heterocycles. The molecule has 0 aliphatic rings. The van der Waals surface area contributed by atoms with Crippen molar-refractivity contribution in [2.24, 2.45) is 0 Å². The molecule has 6 nitrogen and oxygen atoms in total. The van der Waals surface area contributed by atoms with Crippen molar-refractivity contribution in [3.8, 4) is 0 Å². The van der Waals surface area contributed by atoms with Crippen molar-refractivity contribution in [1.82, 2.24) is 0 Å². The normalized spacial score (nSPS) is 11.3. The van der Waals surface area contributed by atoms with Gasteiger partial charge in [-0.05, 0) is 0 Å². The van der Waals surface area contributed by atoms with Crippen LogP contribution < -0.4 is 0 Å². The molecule has 136 valence electrons. The van der Waals surface area contributed by atoms with Gasteiger partial charge in [-0.1, -0.05) is 0 Å². The maximum atomic E-state index is 12.4. The third-order valence-electron chi connectivity index (χ3n) is 3.82. The Morgan fingerprint density at radius 2 is 1.32 bits per heavy atom. The first-order chi connectivity index (χ1) is 12.1. The van der Waals surface area contributed by atoms with Gasteiger partial charge in [-0.15, -0.1) is 0 Å². The fraction of sp³-hybridized carbons (Fsp3) is 0.444. The molecule has 0 atom stereocenters. The Morgan fingerprint density at radius 1 is 0.880 bits per heavy atom. The summed E-state index contributed by atoms with van der Waals surface area (Å²) in [4.78, 5) is 24.9. The van der Waals surface area contributed by atoms with Gasteiger partial charge >= 0.3 is 152 Å². The third-order valence-corrected chi connectivity index (χ3v) is 13.4. The van der Waals surface area contributed by atoms with Crippen LogP contribution in [0.1, 0.15) is 60.6 Å². The Bertz CT molecular complexity index is 589. The third kappa shape index (κ3) is 5.66. The summed E-state index contributed by atoms with van der Waals surface area (Å²) >= 11 is -4.00. The number of hydrogen-bond donors (Lipinski definition) is 0. The zero-order valence-electron chi connectivity index (χ0n) is 14.7. The second-order valence-corrected chi connectivity index (χ2v) is 15.1. The molecule has 0 amide bonds. The Morgan fingerprint density at radius 3 is 1.64 bits per heavy atom. The van der Waals surface area contributed by atoms with E-state index in [0.29, 0.717) is 8.87 Å². The molecule has 2 aromatic rings. The summed E-state index contributed by atoms with van der Waals surface area (Å²) in [6.45, 7) is 4.11. The number of unbranched alkanes of at least 4 members (excludes halogenated alkanes) is 2. The minimum absolute atomic E-state index is 0.128. The van der Waals surface area contributed by atoms with Gasteiger partial charge in [0.05, 0.1) is 0 Å². The standard InChI is InChI=1S/2C5H4O3.2C4H9.Sn/c2*6-5(7)4-2-1-3-8-4;2*1-3-4-2;/h2*1-3H,(H,6,7);2*1,3-4H2,2H3;/q;;;;+2/p-2. The summed E-state index contributed by atoms with van der Waals surface area (Å²) in [6.07, 6.45) is 6.39. The zero-order valence-corrected chi connectivity index (χ0v) is 17.5. The van der Waals surface area contributed by atoms with E-state index in [9.17, 15) is 9.59 Å². The molecule has 0 saturated carbocycles. The van der Waals surface area contributed by atoms with Gasteiger partial charge in [0.2, 0.25) is 0 Å². The average Bonchev–Trinajstić information content (AvgIpc) is 3.31. The van der Waals surface area contributed by atoms with E-state index >= 15 is 0 Å². The van der Waals surface area contributed by atoms with Crippen LogP contribution in [0, 0.1) is 0 Å². The van der Waals surface area contributed by atoms with Crippen molar-refractivity contribution >= 4 is 31.1 Å². The molecule has 25 heavy (non-hydrogen) atoms. The molecule has 0 fully saturated rings. The molecule has 0 aliphatic carbocycles. The molecular weight excluding hydrogens is 431 g/mol. The van der Waals surface area contributed by atoms with Crippen molar-refractivity contribution in [1.29, 1.82) is 0 Å². The molecule has 0 radical (unpaired) electrons. The van der Waals surface area contributed by atoms with Gasteiger partial charge in [0, 0.05) is 0 Å². The fourth-order valence-corrected chi connectivity index (χ4v) is 12.1. The Labute approximate surface area is 152 Å². The number of carbonyl (C=O) groups is 2. The first-order valence-electron chi connectivity index (χ1n) is 8.64. The fourth-order valence-electron chi connectivity index (χ4n) is 2.47. The summed E-state index contributed by atoms with van der Waals surface area (Å²) in [7, 11) is 0. The Kier molecular flexibility index (Phi) is 7.61. The second kappa shape index (κ2) is 9.70. The molecule has 0 aliphatic heterocycles. The number of hydrogen-bond acceptors (Lipinski definition) is 6. The minimum atomic E-state index is -4.00. The van der Waals surface area contributed by atoms with Crippen LogP contribution in [0.3, 0.4) is 0 Å². The second-order valence-electron chi connectivity index (χ2n) is 5.85. The molecule has 0 spiro atoms. The molecular formula is C18H24O6Sn. The first-order valence-corrected chi connectivity index (χ1v) is 15.0. The maximum absolute atomic E-state index is 12.4. The molecule has 2 heterocycles. The molecule has 2 rings (SSSR count). The van der Waals surface area contributed by atoms with Gasteiger partial charge in [-0.2, -0.15) is 0 Å². The van der Waals surface area contributed by atoms with Gasteiger partial charge in [-0.25, -0.2) is 0 Å². The first kappa shape index (κ1) is 19.6. The van der Waals surface area contributed by atoms with Crippen molar-refractivity contribution in [3.63, 3.8) is 0 Å². The summed E-state index contributed by atoms with van der Waals surface area (Å²) in [6, 6.07) is 6.35. The van der Waals surface area contributed by atoms with Gasteiger partial charge in [-0.3, -0.25) is 0 Å². The average molecular weight is 455 g/mol. The molecule has 0 unspecified atom stereocenters. The molecule has 7 heteroatoms. The quantitative estimate of drug-likeness (QED) is 0.473. The van der Waals surface area contributed by atoms with Crippen LogP contribution in [-0.2, 0) is 6.15 Å². The summed E-state index contributed by atoms with van der Waals surface area (Å²) < 4.78 is 23.2. The summed E-state index contributed by atoms with van der Waals surface area (Å²) in [5.74, 6) is -0.855. The number of rotatable bonds is 10. The van der Waals surface area contributed by atoms with E-state index in [1.54, 1.807) is 24.3 Å². The number of carbonyl (C=O) groups excluding carboxylic acids is 2. The van der Waals surface area contributed by atoms with Crippen LogP contribution in [0.5, 0.6) is 0 Å².